The summed E-state index contributed by atoms with van der Waals surface area (Å²) in [5, 5.41) is 13.3. The van der Waals surface area contributed by atoms with E-state index >= 15 is 0 Å². The summed E-state index contributed by atoms with van der Waals surface area (Å²) in [6.07, 6.45) is 0. The first-order valence-corrected chi connectivity index (χ1v) is 6.96. The van der Waals surface area contributed by atoms with Crippen molar-refractivity contribution in [3.05, 3.63) is 62.7 Å². The molecule has 24 heavy (non-hydrogen) atoms. The smallest absolute Gasteiger partial charge is 0.387 e. The van der Waals surface area contributed by atoms with Crippen LogP contribution in [-0.4, -0.2) is 17.4 Å². The lowest BCUT2D eigenvalue weighted by atomic mass is 10.1. The van der Waals surface area contributed by atoms with E-state index < -0.39 is 17.4 Å². The molecule has 6 nitrogen and oxygen atoms in total. The number of nitro groups is 1. The van der Waals surface area contributed by atoms with Gasteiger partial charge < -0.3 is 10.1 Å². The molecule has 0 radical (unpaired) electrons. The summed E-state index contributed by atoms with van der Waals surface area (Å²) >= 11 is 5.79. The Morgan fingerprint density at radius 2 is 2.00 bits per heavy atom. The fourth-order valence-electron chi connectivity index (χ4n) is 1.92. The third kappa shape index (κ3) is 4.17. The van der Waals surface area contributed by atoms with Crippen molar-refractivity contribution in [2.75, 3.05) is 5.32 Å². The van der Waals surface area contributed by atoms with Crippen molar-refractivity contribution in [3.63, 3.8) is 0 Å². The zero-order chi connectivity index (χ0) is 17.9. The predicted octanol–water partition coefficient (Wildman–Crippen LogP) is 4.41. The lowest BCUT2D eigenvalue weighted by molar-refractivity contribution is -0.385. The minimum Gasteiger partial charge on any atom is -0.433 e. The molecule has 9 heteroatoms. The predicted molar refractivity (Wildman–Crippen MR) is 83.9 cm³/mol. The van der Waals surface area contributed by atoms with Gasteiger partial charge in [0.1, 0.15) is 5.75 Å². The van der Waals surface area contributed by atoms with Crippen LogP contribution in [-0.2, 0) is 0 Å². The third-order valence-corrected chi connectivity index (χ3v) is 3.37. The second-order valence-corrected chi connectivity index (χ2v) is 5.14. The molecule has 0 aromatic heterocycles. The van der Waals surface area contributed by atoms with Gasteiger partial charge in [-0.25, -0.2) is 0 Å². The van der Waals surface area contributed by atoms with Gasteiger partial charge in [-0.3, -0.25) is 14.9 Å². The van der Waals surface area contributed by atoms with Crippen LogP contribution in [0.1, 0.15) is 15.9 Å². The van der Waals surface area contributed by atoms with Crippen LogP contribution in [0, 0.1) is 17.0 Å². The van der Waals surface area contributed by atoms with Crippen LogP contribution in [0.15, 0.2) is 36.4 Å². The number of halogens is 3. The molecule has 0 fully saturated rings. The summed E-state index contributed by atoms with van der Waals surface area (Å²) in [4.78, 5) is 22.5. The van der Waals surface area contributed by atoms with Crippen molar-refractivity contribution in [1.29, 1.82) is 0 Å². The van der Waals surface area contributed by atoms with Crippen LogP contribution in [0.25, 0.3) is 0 Å². The lowest BCUT2D eigenvalue weighted by Gasteiger charge is -2.10. The highest BCUT2D eigenvalue weighted by Gasteiger charge is 2.16. The van der Waals surface area contributed by atoms with Gasteiger partial charge in [0.05, 0.1) is 9.95 Å². The van der Waals surface area contributed by atoms with Crippen LogP contribution in [0.3, 0.4) is 0 Å². The van der Waals surface area contributed by atoms with Gasteiger partial charge in [-0.1, -0.05) is 17.7 Å². The molecule has 1 amide bonds. The number of hydrogen-bond acceptors (Lipinski definition) is 4. The van der Waals surface area contributed by atoms with E-state index in [1.807, 2.05) is 0 Å². The number of aryl methyl sites for hydroxylation is 1. The second-order valence-electron chi connectivity index (χ2n) is 4.74. The molecule has 0 aliphatic carbocycles. The lowest BCUT2D eigenvalue weighted by Crippen LogP contribution is -2.12. The minimum atomic E-state index is -3.02. The minimum absolute atomic E-state index is 0.0799. The normalized spacial score (nSPS) is 10.5. The molecule has 0 atom stereocenters. The molecule has 126 valence electrons. The first kappa shape index (κ1) is 17.6. The number of ether oxygens (including phenoxy) is 1. The first-order chi connectivity index (χ1) is 11.3. The first-order valence-electron chi connectivity index (χ1n) is 6.58. The van der Waals surface area contributed by atoms with Crippen molar-refractivity contribution in [1.82, 2.24) is 0 Å². The highest BCUT2D eigenvalue weighted by atomic mass is 35.5. The molecule has 0 saturated heterocycles. The van der Waals surface area contributed by atoms with E-state index in [2.05, 4.69) is 10.1 Å². The van der Waals surface area contributed by atoms with Crippen molar-refractivity contribution in [3.8, 4) is 5.75 Å². The number of nitrogens with one attached hydrogen (secondary N) is 1. The molecule has 0 aliphatic heterocycles. The number of amides is 1. The maximum atomic E-state index is 12.2. The van der Waals surface area contributed by atoms with Gasteiger partial charge in [0.15, 0.2) is 0 Å². The molecule has 0 aliphatic rings. The van der Waals surface area contributed by atoms with Gasteiger partial charge in [-0.15, -0.1) is 0 Å². The van der Waals surface area contributed by atoms with E-state index in [4.69, 9.17) is 11.6 Å². The number of carbonyl (C=O) groups excluding carboxylic acids is 1. The van der Waals surface area contributed by atoms with Crippen LogP contribution >= 0.6 is 11.6 Å². The van der Waals surface area contributed by atoms with Crippen molar-refractivity contribution in [2.24, 2.45) is 0 Å². The van der Waals surface area contributed by atoms with Gasteiger partial charge in [-0.2, -0.15) is 8.78 Å². The Labute approximate surface area is 140 Å². The van der Waals surface area contributed by atoms with Gasteiger partial charge >= 0.3 is 6.61 Å². The summed E-state index contributed by atoms with van der Waals surface area (Å²) in [5.41, 5.74) is 0.556. The average Bonchev–Trinajstić information content (AvgIpc) is 2.49. The number of benzene rings is 2. The number of alkyl halides is 2. The Balaban J connectivity index is 2.19. The fraction of sp³-hybridized carbons (Fsp3) is 0.133. The Morgan fingerprint density at radius 1 is 1.29 bits per heavy atom. The number of rotatable bonds is 5. The molecule has 2 aromatic rings. The molecule has 2 rings (SSSR count). The summed E-state index contributed by atoms with van der Waals surface area (Å²) in [6.45, 7) is -1.46. The molecular formula is C15H11ClF2N2O4. The molecule has 0 spiro atoms. The van der Waals surface area contributed by atoms with Gasteiger partial charge in [0, 0.05) is 22.9 Å². The van der Waals surface area contributed by atoms with Crippen LogP contribution in [0.2, 0.25) is 5.02 Å². The topological polar surface area (TPSA) is 81.5 Å². The van der Waals surface area contributed by atoms with Crippen LogP contribution in [0.5, 0.6) is 5.75 Å². The number of nitrogens with zero attached hydrogens (tertiary/aromatic N) is 1. The number of anilines is 1. The zero-order valence-corrected chi connectivity index (χ0v) is 13.0. The Bertz CT molecular complexity index is 799. The van der Waals surface area contributed by atoms with E-state index in [0.717, 1.165) is 6.07 Å². The average molecular weight is 357 g/mol. The molecule has 2 aromatic carbocycles. The Kier molecular flexibility index (Phi) is 5.30. The Hall–Kier alpha value is -2.74. The van der Waals surface area contributed by atoms with E-state index in [-0.39, 0.29) is 27.7 Å². The van der Waals surface area contributed by atoms with E-state index in [0.29, 0.717) is 5.56 Å². The molecule has 1 N–H and O–H groups in total. The van der Waals surface area contributed by atoms with E-state index in [1.165, 1.54) is 30.3 Å². The van der Waals surface area contributed by atoms with Gasteiger partial charge in [0.2, 0.25) is 0 Å². The molecular weight excluding hydrogens is 346 g/mol. The summed E-state index contributed by atoms with van der Waals surface area (Å²) < 4.78 is 28.5. The highest BCUT2D eigenvalue weighted by Crippen LogP contribution is 2.29. The third-order valence-electron chi connectivity index (χ3n) is 3.07. The summed E-state index contributed by atoms with van der Waals surface area (Å²) in [5.74, 6) is -0.827. The maximum absolute atomic E-state index is 12.2. The monoisotopic (exact) mass is 356 g/mol. The molecule has 0 saturated carbocycles. The van der Waals surface area contributed by atoms with E-state index in [1.54, 1.807) is 6.92 Å². The van der Waals surface area contributed by atoms with Crippen molar-refractivity contribution >= 4 is 28.9 Å². The summed E-state index contributed by atoms with van der Waals surface area (Å²) in [6, 6.07) is 7.79. The molecule has 0 bridgehead atoms. The van der Waals surface area contributed by atoms with Crippen molar-refractivity contribution in [2.45, 2.75) is 13.5 Å². The number of hydrogen-bond donors (Lipinski definition) is 1. The molecule has 0 heterocycles. The maximum Gasteiger partial charge on any atom is 0.387 e. The van der Waals surface area contributed by atoms with Crippen LogP contribution < -0.4 is 10.1 Å². The highest BCUT2D eigenvalue weighted by molar-refractivity contribution is 6.32. The van der Waals surface area contributed by atoms with Crippen molar-refractivity contribution < 1.29 is 23.2 Å². The van der Waals surface area contributed by atoms with Crippen LogP contribution in [0.4, 0.5) is 20.2 Å². The number of carbonyl (C=O) groups is 1. The van der Waals surface area contributed by atoms with Gasteiger partial charge in [-0.05, 0) is 31.2 Å². The standard InChI is InChI=1S/C15H11ClF2N2O4/c1-8-2-3-9(6-12(8)20(22)23)14(21)19-10-4-5-13(11(16)7-10)24-15(17)18/h2-7,15H,1H3,(H,19,21). The second kappa shape index (κ2) is 7.22. The quantitative estimate of drug-likeness (QED) is 0.635. The fourth-order valence-corrected chi connectivity index (χ4v) is 2.15. The van der Waals surface area contributed by atoms with E-state index in [9.17, 15) is 23.7 Å². The van der Waals surface area contributed by atoms with Gasteiger partial charge in [0.25, 0.3) is 11.6 Å². The largest absolute Gasteiger partial charge is 0.433 e. The zero-order valence-electron chi connectivity index (χ0n) is 12.3. The summed E-state index contributed by atoms with van der Waals surface area (Å²) in [7, 11) is 0. The SMILES string of the molecule is Cc1ccc(C(=O)Nc2ccc(OC(F)F)c(Cl)c2)cc1[N+](=O)[O-]. The number of nitro benzene ring substituents is 1. The Morgan fingerprint density at radius 3 is 2.58 bits per heavy atom. The molecule has 0 unspecified atom stereocenters.